The fraction of sp³-hybridized carbons (Fsp3) is 0.250. The lowest BCUT2D eigenvalue weighted by molar-refractivity contribution is 0.716. The standard InChI is InChI=1S/C12H13BrClN3/c1-2-15-6-9-5-10(13)3-4-12(9)17-8-11(14)7-16-17/h3-5,7-8,15H,2,6H2,1H3. The molecule has 0 saturated carbocycles. The van der Waals surface area contributed by atoms with Crippen LogP contribution >= 0.6 is 27.5 Å². The summed E-state index contributed by atoms with van der Waals surface area (Å²) in [5.41, 5.74) is 2.22. The first-order valence-corrected chi connectivity index (χ1v) is 6.57. The summed E-state index contributed by atoms with van der Waals surface area (Å²) in [6.45, 7) is 3.83. The van der Waals surface area contributed by atoms with Crippen LogP contribution in [0, 0.1) is 0 Å². The van der Waals surface area contributed by atoms with E-state index in [1.165, 1.54) is 5.56 Å². The van der Waals surface area contributed by atoms with E-state index in [1.54, 1.807) is 17.1 Å². The Morgan fingerprint density at radius 1 is 1.47 bits per heavy atom. The molecule has 0 atom stereocenters. The van der Waals surface area contributed by atoms with E-state index in [-0.39, 0.29) is 0 Å². The van der Waals surface area contributed by atoms with Crippen molar-refractivity contribution in [3.05, 3.63) is 45.7 Å². The summed E-state index contributed by atoms with van der Waals surface area (Å²) in [6.07, 6.45) is 3.45. The van der Waals surface area contributed by atoms with Crippen molar-refractivity contribution >= 4 is 27.5 Å². The first-order chi connectivity index (χ1) is 8.20. The number of hydrogen-bond acceptors (Lipinski definition) is 2. The second kappa shape index (κ2) is 5.67. The molecule has 0 amide bonds. The van der Waals surface area contributed by atoms with Gasteiger partial charge < -0.3 is 5.32 Å². The van der Waals surface area contributed by atoms with Gasteiger partial charge in [0.25, 0.3) is 0 Å². The Balaban J connectivity index is 2.38. The van der Waals surface area contributed by atoms with Gasteiger partial charge in [-0.2, -0.15) is 5.10 Å². The van der Waals surface area contributed by atoms with Crippen molar-refractivity contribution in [1.29, 1.82) is 0 Å². The molecule has 0 bridgehead atoms. The molecule has 5 heteroatoms. The van der Waals surface area contributed by atoms with Crippen molar-refractivity contribution in [3.8, 4) is 5.69 Å². The lowest BCUT2D eigenvalue weighted by Crippen LogP contribution is -2.14. The average Bonchev–Trinajstić information content (AvgIpc) is 2.73. The summed E-state index contributed by atoms with van der Waals surface area (Å²) in [5.74, 6) is 0. The van der Waals surface area contributed by atoms with E-state index < -0.39 is 0 Å². The van der Waals surface area contributed by atoms with Crippen molar-refractivity contribution in [2.24, 2.45) is 0 Å². The van der Waals surface area contributed by atoms with E-state index >= 15 is 0 Å². The van der Waals surface area contributed by atoms with Gasteiger partial charge >= 0.3 is 0 Å². The second-order valence-electron chi connectivity index (χ2n) is 3.66. The molecule has 2 aromatic rings. The Hall–Kier alpha value is -0.840. The molecule has 90 valence electrons. The maximum Gasteiger partial charge on any atom is 0.0790 e. The van der Waals surface area contributed by atoms with E-state index in [0.29, 0.717) is 5.02 Å². The van der Waals surface area contributed by atoms with Crippen LogP contribution in [-0.2, 0) is 6.54 Å². The number of aromatic nitrogens is 2. The van der Waals surface area contributed by atoms with Crippen molar-refractivity contribution in [2.75, 3.05) is 6.54 Å². The zero-order valence-corrected chi connectivity index (χ0v) is 11.8. The van der Waals surface area contributed by atoms with Crippen LogP contribution in [0.1, 0.15) is 12.5 Å². The molecule has 0 aliphatic rings. The molecular weight excluding hydrogens is 302 g/mol. The lowest BCUT2D eigenvalue weighted by atomic mass is 10.2. The number of halogens is 2. The van der Waals surface area contributed by atoms with Crippen LogP contribution in [0.3, 0.4) is 0 Å². The molecule has 0 unspecified atom stereocenters. The van der Waals surface area contributed by atoms with Crippen LogP contribution in [0.15, 0.2) is 35.1 Å². The van der Waals surface area contributed by atoms with Crippen molar-refractivity contribution in [2.45, 2.75) is 13.5 Å². The van der Waals surface area contributed by atoms with E-state index in [4.69, 9.17) is 11.6 Å². The van der Waals surface area contributed by atoms with Gasteiger partial charge in [-0.25, -0.2) is 4.68 Å². The Bertz CT molecular complexity index is 510. The maximum absolute atomic E-state index is 5.89. The highest BCUT2D eigenvalue weighted by Gasteiger charge is 2.06. The molecule has 3 nitrogen and oxygen atoms in total. The first kappa shape index (κ1) is 12.6. The highest BCUT2D eigenvalue weighted by atomic mass is 79.9. The molecule has 0 spiro atoms. The van der Waals surface area contributed by atoms with E-state index in [1.807, 2.05) is 12.1 Å². The molecular formula is C12H13BrClN3. The third kappa shape index (κ3) is 3.09. The number of rotatable bonds is 4. The maximum atomic E-state index is 5.89. The van der Waals surface area contributed by atoms with Gasteiger partial charge in [0.15, 0.2) is 0 Å². The fourth-order valence-corrected chi connectivity index (χ4v) is 2.16. The summed E-state index contributed by atoms with van der Waals surface area (Å²) in [6, 6.07) is 6.12. The van der Waals surface area contributed by atoms with Gasteiger partial charge in [-0.15, -0.1) is 0 Å². The predicted octanol–water partition coefficient (Wildman–Crippen LogP) is 3.40. The van der Waals surface area contributed by atoms with Crippen molar-refractivity contribution in [3.63, 3.8) is 0 Å². The van der Waals surface area contributed by atoms with Crippen LogP contribution in [0.25, 0.3) is 5.69 Å². The van der Waals surface area contributed by atoms with Gasteiger partial charge in [-0.3, -0.25) is 0 Å². The number of hydrogen-bond donors (Lipinski definition) is 1. The van der Waals surface area contributed by atoms with Crippen LogP contribution in [0.4, 0.5) is 0 Å². The van der Waals surface area contributed by atoms with E-state index in [0.717, 1.165) is 23.2 Å². The Morgan fingerprint density at radius 2 is 2.29 bits per heavy atom. The van der Waals surface area contributed by atoms with Crippen molar-refractivity contribution < 1.29 is 0 Å². The minimum Gasteiger partial charge on any atom is -0.313 e. The minimum absolute atomic E-state index is 0.641. The summed E-state index contributed by atoms with van der Waals surface area (Å²) < 4.78 is 2.86. The molecule has 1 aromatic carbocycles. The molecule has 1 heterocycles. The lowest BCUT2D eigenvalue weighted by Gasteiger charge is -2.10. The highest BCUT2D eigenvalue weighted by Crippen LogP contribution is 2.21. The molecule has 0 saturated heterocycles. The smallest absolute Gasteiger partial charge is 0.0790 e. The SMILES string of the molecule is CCNCc1cc(Br)ccc1-n1cc(Cl)cn1. The molecule has 0 fully saturated rings. The van der Waals surface area contributed by atoms with Crippen molar-refractivity contribution in [1.82, 2.24) is 15.1 Å². The second-order valence-corrected chi connectivity index (χ2v) is 5.01. The normalized spacial score (nSPS) is 10.8. The van der Waals surface area contributed by atoms with E-state index in [9.17, 15) is 0 Å². The summed E-state index contributed by atoms with van der Waals surface area (Å²) in [7, 11) is 0. The Labute approximate surface area is 114 Å². The van der Waals surface area contributed by atoms with Crippen LogP contribution in [-0.4, -0.2) is 16.3 Å². The summed E-state index contributed by atoms with van der Waals surface area (Å²) >= 11 is 9.37. The Morgan fingerprint density at radius 3 is 2.94 bits per heavy atom. The van der Waals surface area contributed by atoms with Crippen LogP contribution < -0.4 is 5.32 Å². The molecule has 17 heavy (non-hydrogen) atoms. The minimum atomic E-state index is 0.641. The quantitative estimate of drug-likeness (QED) is 0.937. The predicted molar refractivity (Wildman–Crippen MR) is 73.7 cm³/mol. The Kier molecular flexibility index (Phi) is 4.20. The molecule has 2 rings (SSSR count). The van der Waals surface area contributed by atoms with Crippen LogP contribution in [0.2, 0.25) is 5.02 Å². The summed E-state index contributed by atoms with van der Waals surface area (Å²) in [4.78, 5) is 0. The van der Waals surface area contributed by atoms with Gasteiger partial charge in [-0.05, 0) is 30.3 Å². The third-order valence-electron chi connectivity index (χ3n) is 2.40. The number of nitrogens with one attached hydrogen (secondary N) is 1. The topological polar surface area (TPSA) is 29.9 Å². The first-order valence-electron chi connectivity index (χ1n) is 5.40. The van der Waals surface area contributed by atoms with Gasteiger partial charge in [0, 0.05) is 17.2 Å². The zero-order valence-electron chi connectivity index (χ0n) is 9.45. The van der Waals surface area contributed by atoms with Gasteiger partial charge in [0.2, 0.25) is 0 Å². The fourth-order valence-electron chi connectivity index (χ4n) is 1.61. The average molecular weight is 315 g/mol. The van der Waals surface area contributed by atoms with Crippen LogP contribution in [0.5, 0.6) is 0 Å². The monoisotopic (exact) mass is 313 g/mol. The number of benzene rings is 1. The molecule has 1 aromatic heterocycles. The highest BCUT2D eigenvalue weighted by molar-refractivity contribution is 9.10. The summed E-state index contributed by atoms with van der Waals surface area (Å²) in [5, 5.41) is 8.18. The molecule has 1 N–H and O–H groups in total. The third-order valence-corrected chi connectivity index (χ3v) is 3.09. The molecule has 0 radical (unpaired) electrons. The van der Waals surface area contributed by atoms with Gasteiger partial charge in [0.05, 0.1) is 16.9 Å². The van der Waals surface area contributed by atoms with Gasteiger partial charge in [0.1, 0.15) is 0 Å². The zero-order chi connectivity index (χ0) is 12.3. The van der Waals surface area contributed by atoms with E-state index in [2.05, 4.69) is 39.3 Å². The molecule has 0 aliphatic carbocycles. The van der Waals surface area contributed by atoms with Gasteiger partial charge in [-0.1, -0.05) is 34.5 Å². The molecule has 0 aliphatic heterocycles. The number of nitrogens with zero attached hydrogens (tertiary/aromatic N) is 2. The largest absolute Gasteiger partial charge is 0.313 e.